The molecule has 0 spiro atoms. The summed E-state index contributed by atoms with van der Waals surface area (Å²) in [5, 5.41) is 6.11. The Morgan fingerprint density at radius 3 is 2.45 bits per heavy atom. The second-order valence-electron chi connectivity index (χ2n) is 6.96. The number of anilines is 1. The van der Waals surface area contributed by atoms with Crippen LogP contribution in [-0.4, -0.2) is 39.4 Å². The maximum Gasteiger partial charge on any atom is 0.263 e. The summed E-state index contributed by atoms with van der Waals surface area (Å²) in [6.45, 7) is 3.88. The van der Waals surface area contributed by atoms with E-state index in [0.29, 0.717) is 18.0 Å². The van der Waals surface area contributed by atoms with Crippen LogP contribution >= 0.6 is 0 Å². The number of nitrogens with zero attached hydrogens (tertiary/aromatic N) is 2. The first-order valence-electron chi connectivity index (χ1n) is 9.84. The van der Waals surface area contributed by atoms with E-state index < -0.39 is 22.0 Å². The Kier molecular flexibility index (Phi) is 6.91. The number of ether oxygens (including phenoxy) is 1. The topological polar surface area (TPSA) is 88.1 Å². The average molecular weight is 440 g/mol. The Bertz CT molecular complexity index is 1190. The molecule has 0 bridgehead atoms. The van der Waals surface area contributed by atoms with Crippen LogP contribution in [0.3, 0.4) is 0 Å². The predicted molar refractivity (Wildman–Crippen MR) is 124 cm³/mol. The number of carbonyl (C=O) groups excluding carboxylic acids is 1. The summed E-state index contributed by atoms with van der Waals surface area (Å²) in [6, 6.07) is 19.2. The molecule has 0 radical (unpaired) electrons. The number of hydrogen-bond acceptors (Lipinski definition) is 5. The van der Waals surface area contributed by atoms with Gasteiger partial charge in [0.05, 0.1) is 24.8 Å². The molecule has 31 heavy (non-hydrogen) atoms. The van der Waals surface area contributed by atoms with Crippen LogP contribution in [0.2, 0.25) is 0 Å². The molecule has 1 N–H and O–H groups in total. The first-order chi connectivity index (χ1) is 14.8. The van der Waals surface area contributed by atoms with E-state index in [1.54, 1.807) is 30.5 Å². The highest BCUT2D eigenvalue weighted by Gasteiger charge is 2.29. The van der Waals surface area contributed by atoms with Crippen LogP contribution in [-0.2, 0) is 14.8 Å². The van der Waals surface area contributed by atoms with Gasteiger partial charge < -0.3 is 4.74 Å². The molecule has 0 aliphatic carbocycles. The van der Waals surface area contributed by atoms with Gasteiger partial charge in [-0.1, -0.05) is 42.5 Å². The van der Waals surface area contributed by atoms with Crippen molar-refractivity contribution < 1.29 is 17.9 Å². The van der Waals surface area contributed by atoms with Crippen LogP contribution in [0, 0.1) is 0 Å². The lowest BCUT2D eigenvalue weighted by Crippen LogP contribution is -2.46. The molecule has 0 unspecified atom stereocenters. The van der Waals surface area contributed by atoms with Crippen LogP contribution < -0.4 is 14.5 Å². The number of nitrogens with one attached hydrogen (secondary N) is 1. The lowest BCUT2D eigenvalue weighted by Gasteiger charge is -2.27. The van der Waals surface area contributed by atoms with Crippen molar-refractivity contribution in [2.75, 3.05) is 17.2 Å². The van der Waals surface area contributed by atoms with Crippen molar-refractivity contribution in [1.29, 1.82) is 0 Å². The smallest absolute Gasteiger partial charge is 0.263 e. The van der Waals surface area contributed by atoms with Crippen LogP contribution in [0.25, 0.3) is 10.8 Å². The van der Waals surface area contributed by atoms with Crippen molar-refractivity contribution in [2.45, 2.75) is 19.9 Å². The lowest BCUT2D eigenvalue weighted by atomic mass is 10.1. The van der Waals surface area contributed by atoms with Gasteiger partial charge in [-0.15, -0.1) is 0 Å². The minimum absolute atomic E-state index is 0.367. The molecular weight excluding hydrogens is 414 g/mol. The third-order valence-electron chi connectivity index (χ3n) is 4.69. The molecule has 3 rings (SSSR count). The second-order valence-corrected chi connectivity index (χ2v) is 8.82. The highest BCUT2D eigenvalue weighted by molar-refractivity contribution is 7.92. The standard InChI is InChI=1S/C23H25N3O4S/c1-4-30-21-14-12-20(13-15-21)26(31(3,28)29)17(2)23(27)25-24-16-19-10-7-9-18-8-5-6-11-22(18)19/h5-17H,4H2,1-3H3,(H,25,27)/b24-16-/t17-/m1/s1. The zero-order valence-corrected chi connectivity index (χ0v) is 18.5. The third kappa shape index (κ3) is 5.40. The lowest BCUT2D eigenvalue weighted by molar-refractivity contribution is -0.121. The minimum Gasteiger partial charge on any atom is -0.494 e. The quantitative estimate of drug-likeness (QED) is 0.430. The van der Waals surface area contributed by atoms with Gasteiger partial charge in [-0.25, -0.2) is 13.8 Å². The summed E-state index contributed by atoms with van der Waals surface area (Å²) in [4.78, 5) is 12.7. The molecule has 3 aromatic carbocycles. The van der Waals surface area contributed by atoms with E-state index in [4.69, 9.17) is 4.74 Å². The Labute approximate surface area is 182 Å². The van der Waals surface area contributed by atoms with Gasteiger partial charge in [-0.2, -0.15) is 5.10 Å². The van der Waals surface area contributed by atoms with E-state index in [1.807, 2.05) is 49.4 Å². The minimum atomic E-state index is -3.71. The molecule has 3 aromatic rings. The van der Waals surface area contributed by atoms with E-state index in [-0.39, 0.29) is 0 Å². The average Bonchev–Trinajstić information content (AvgIpc) is 2.74. The largest absolute Gasteiger partial charge is 0.494 e. The molecule has 0 heterocycles. The number of fused-ring (bicyclic) bond motifs is 1. The normalized spacial score (nSPS) is 12.6. The van der Waals surface area contributed by atoms with Crippen molar-refractivity contribution in [3.8, 4) is 5.75 Å². The SMILES string of the molecule is CCOc1ccc(N([C@H](C)C(=O)N/N=C\c2cccc3ccccc23)S(C)(=O)=O)cc1. The first kappa shape index (κ1) is 22.3. The number of rotatable bonds is 8. The van der Waals surface area contributed by atoms with Crippen LogP contribution in [0.4, 0.5) is 5.69 Å². The molecular formula is C23H25N3O4S. The summed E-state index contributed by atoms with van der Waals surface area (Å²) in [6.07, 6.45) is 2.61. The van der Waals surface area contributed by atoms with Gasteiger partial charge in [0.1, 0.15) is 11.8 Å². The third-order valence-corrected chi connectivity index (χ3v) is 5.93. The molecule has 1 amide bonds. The fourth-order valence-corrected chi connectivity index (χ4v) is 4.46. The number of hydrazone groups is 1. The Balaban J connectivity index is 1.77. The fourth-order valence-electron chi connectivity index (χ4n) is 3.29. The van der Waals surface area contributed by atoms with E-state index in [0.717, 1.165) is 26.9 Å². The molecule has 1 atom stereocenters. The number of carbonyl (C=O) groups is 1. The van der Waals surface area contributed by atoms with Crippen molar-refractivity contribution in [1.82, 2.24) is 5.43 Å². The molecule has 162 valence electrons. The Morgan fingerprint density at radius 1 is 1.10 bits per heavy atom. The monoisotopic (exact) mass is 439 g/mol. The molecule has 0 fully saturated rings. The fraction of sp³-hybridized carbons (Fsp3) is 0.217. The van der Waals surface area contributed by atoms with Gasteiger partial charge >= 0.3 is 0 Å². The van der Waals surface area contributed by atoms with E-state index >= 15 is 0 Å². The highest BCUT2D eigenvalue weighted by atomic mass is 32.2. The number of amides is 1. The van der Waals surface area contributed by atoms with Gasteiger partial charge in [0.15, 0.2) is 0 Å². The van der Waals surface area contributed by atoms with Crippen LogP contribution in [0.5, 0.6) is 5.75 Å². The summed E-state index contributed by atoms with van der Waals surface area (Å²) < 4.78 is 31.3. The van der Waals surface area contributed by atoms with Gasteiger partial charge in [-0.05, 0) is 48.9 Å². The van der Waals surface area contributed by atoms with Gasteiger partial charge in [0, 0.05) is 5.56 Å². The highest BCUT2D eigenvalue weighted by Crippen LogP contribution is 2.24. The van der Waals surface area contributed by atoms with Crippen LogP contribution in [0.1, 0.15) is 19.4 Å². The van der Waals surface area contributed by atoms with Crippen molar-refractivity contribution in [2.24, 2.45) is 5.10 Å². The maximum atomic E-state index is 12.7. The molecule has 8 heteroatoms. The summed E-state index contributed by atoms with van der Waals surface area (Å²) in [5.74, 6) is 0.0762. The summed E-state index contributed by atoms with van der Waals surface area (Å²) in [5.41, 5.74) is 3.66. The molecule has 0 saturated carbocycles. The Hall–Kier alpha value is -3.39. The molecule has 0 aliphatic heterocycles. The van der Waals surface area contributed by atoms with Gasteiger partial charge in [0.2, 0.25) is 10.0 Å². The number of hydrogen-bond donors (Lipinski definition) is 1. The van der Waals surface area contributed by atoms with E-state index in [2.05, 4.69) is 10.5 Å². The van der Waals surface area contributed by atoms with Crippen molar-refractivity contribution in [3.05, 3.63) is 72.3 Å². The Morgan fingerprint density at radius 2 is 1.77 bits per heavy atom. The van der Waals surface area contributed by atoms with Crippen molar-refractivity contribution >= 4 is 38.6 Å². The molecule has 7 nitrogen and oxygen atoms in total. The van der Waals surface area contributed by atoms with Gasteiger partial charge in [-0.3, -0.25) is 9.10 Å². The van der Waals surface area contributed by atoms with Crippen molar-refractivity contribution in [3.63, 3.8) is 0 Å². The van der Waals surface area contributed by atoms with Gasteiger partial charge in [0.25, 0.3) is 5.91 Å². The van der Waals surface area contributed by atoms with E-state index in [9.17, 15) is 13.2 Å². The molecule has 0 aliphatic rings. The van der Waals surface area contributed by atoms with Crippen LogP contribution in [0.15, 0.2) is 71.8 Å². The number of benzene rings is 3. The molecule has 0 saturated heterocycles. The second kappa shape index (κ2) is 9.61. The maximum absolute atomic E-state index is 12.7. The van der Waals surface area contributed by atoms with E-state index in [1.165, 1.54) is 6.92 Å². The first-order valence-corrected chi connectivity index (χ1v) is 11.7. The zero-order valence-electron chi connectivity index (χ0n) is 17.6. The summed E-state index contributed by atoms with van der Waals surface area (Å²) in [7, 11) is -3.71. The molecule has 0 aromatic heterocycles. The predicted octanol–water partition coefficient (Wildman–Crippen LogP) is 3.54. The summed E-state index contributed by atoms with van der Waals surface area (Å²) >= 11 is 0. The zero-order chi connectivity index (χ0) is 22.4. The number of sulfonamides is 1.